The van der Waals surface area contributed by atoms with Gasteiger partial charge >= 0.3 is 7.41 Å². The van der Waals surface area contributed by atoms with Crippen LogP contribution in [0.15, 0.2) is 5.38 Å². The number of nitrogens with one attached hydrogen (secondary N) is 1. The zero-order chi connectivity index (χ0) is 8.27. The molecule has 0 amide bonds. The van der Waals surface area contributed by atoms with Crippen molar-refractivity contribution in [2.75, 3.05) is 5.23 Å². The minimum atomic E-state index is -0.446. The fourth-order valence-electron chi connectivity index (χ4n) is 0.558. The summed E-state index contributed by atoms with van der Waals surface area (Å²) in [7, 11) is 1.08. The first-order chi connectivity index (χ1) is 5.25. The molecule has 6 heteroatoms. The molecule has 1 N–H and O–H groups in total. The fourth-order valence-corrected chi connectivity index (χ4v) is 1.44. The summed E-state index contributed by atoms with van der Waals surface area (Å²) in [5.74, 6) is -0.446. The molecule has 2 nitrogen and oxygen atoms in total. The molecule has 0 bridgehead atoms. The number of hydrogen-bond acceptors (Lipinski definition) is 3. The molecular formula is C5H3BClFNOS. The molecule has 1 radical (unpaired) electrons. The van der Waals surface area contributed by atoms with Gasteiger partial charge in [0.05, 0.1) is 5.69 Å². The van der Waals surface area contributed by atoms with Crippen molar-refractivity contribution in [1.29, 1.82) is 0 Å². The maximum absolute atomic E-state index is 12.7. The van der Waals surface area contributed by atoms with E-state index in [0.717, 1.165) is 18.8 Å². The standard InChI is InChI=1S/C5H3BClFNOS/c7-5-4(9-6-2-10)3(8)1-11-5/h1-2,9H. The first kappa shape index (κ1) is 8.55. The second kappa shape index (κ2) is 3.73. The van der Waals surface area contributed by atoms with E-state index in [1.54, 1.807) is 0 Å². The minimum absolute atomic E-state index is 0.156. The Hall–Kier alpha value is -0.545. The van der Waals surface area contributed by atoms with Gasteiger partial charge in [0.2, 0.25) is 0 Å². The maximum atomic E-state index is 12.7. The highest BCUT2D eigenvalue weighted by Gasteiger charge is 2.08. The summed E-state index contributed by atoms with van der Waals surface area (Å²) in [5, 5.41) is 3.69. The van der Waals surface area contributed by atoms with Crippen LogP contribution < -0.4 is 5.23 Å². The van der Waals surface area contributed by atoms with Gasteiger partial charge in [-0.25, -0.2) is 4.39 Å². The van der Waals surface area contributed by atoms with E-state index < -0.39 is 5.82 Å². The van der Waals surface area contributed by atoms with Gasteiger partial charge in [0.25, 0.3) is 0 Å². The van der Waals surface area contributed by atoms with E-state index in [2.05, 4.69) is 5.23 Å². The molecule has 1 aromatic rings. The van der Waals surface area contributed by atoms with E-state index in [-0.39, 0.29) is 5.69 Å². The number of halogens is 2. The normalized spacial score (nSPS) is 9.27. The molecule has 0 aromatic carbocycles. The highest BCUT2D eigenvalue weighted by Crippen LogP contribution is 2.30. The average molecular weight is 190 g/mol. The van der Waals surface area contributed by atoms with Crippen LogP contribution in [-0.4, -0.2) is 13.6 Å². The summed E-state index contributed by atoms with van der Waals surface area (Å²) in [5.41, 5.74) is 0.156. The van der Waals surface area contributed by atoms with Gasteiger partial charge in [0.15, 0.2) is 5.82 Å². The fraction of sp³-hybridized carbons (Fsp3) is 0. The Bertz CT molecular complexity index is 247. The van der Waals surface area contributed by atoms with E-state index in [0.29, 0.717) is 10.5 Å². The van der Waals surface area contributed by atoms with Crippen LogP contribution >= 0.6 is 22.9 Å². The summed E-state index contributed by atoms with van der Waals surface area (Å²) in [4.78, 5) is 9.84. The second-order valence-corrected chi connectivity index (χ2v) is 3.16. The van der Waals surface area contributed by atoms with Crippen LogP contribution in [0, 0.1) is 5.82 Å². The van der Waals surface area contributed by atoms with Crippen molar-refractivity contribution >= 4 is 42.2 Å². The van der Waals surface area contributed by atoms with Gasteiger partial charge in [0, 0.05) is 5.38 Å². The summed E-state index contributed by atoms with van der Waals surface area (Å²) >= 11 is 6.63. The first-order valence-electron chi connectivity index (χ1n) is 2.71. The van der Waals surface area contributed by atoms with Gasteiger partial charge in [-0.3, -0.25) is 0 Å². The maximum Gasteiger partial charge on any atom is 0.326 e. The predicted molar refractivity (Wildman–Crippen MR) is 45.4 cm³/mol. The van der Waals surface area contributed by atoms with Gasteiger partial charge < -0.3 is 10.0 Å². The third kappa shape index (κ3) is 1.94. The highest BCUT2D eigenvalue weighted by atomic mass is 35.5. The molecule has 1 rings (SSSR count). The lowest BCUT2D eigenvalue weighted by molar-refractivity contribution is 0.568. The summed E-state index contributed by atoms with van der Waals surface area (Å²) in [6.45, 7) is 0. The van der Waals surface area contributed by atoms with E-state index in [1.807, 2.05) is 0 Å². The number of rotatable bonds is 3. The molecular weight excluding hydrogens is 187 g/mol. The lowest BCUT2D eigenvalue weighted by Gasteiger charge is -1.96. The zero-order valence-corrected chi connectivity index (χ0v) is 6.88. The van der Waals surface area contributed by atoms with Crippen LogP contribution in [0.2, 0.25) is 4.34 Å². The number of thiophene rings is 1. The third-order valence-corrected chi connectivity index (χ3v) is 2.19. The summed E-state index contributed by atoms with van der Waals surface area (Å²) in [6, 6.07) is 0. The molecule has 0 saturated heterocycles. The Balaban J connectivity index is 2.74. The molecule has 1 heterocycles. The summed E-state index contributed by atoms with van der Waals surface area (Å²) < 4.78 is 13.0. The van der Waals surface area contributed by atoms with Gasteiger partial charge in [-0.15, -0.1) is 11.3 Å². The zero-order valence-electron chi connectivity index (χ0n) is 5.30. The van der Waals surface area contributed by atoms with Crippen LogP contribution in [-0.2, 0) is 4.79 Å². The number of carbonyl (C=O) groups is 1. The quantitative estimate of drug-likeness (QED) is 0.581. The van der Waals surface area contributed by atoms with Crippen molar-refractivity contribution in [3.8, 4) is 0 Å². The van der Waals surface area contributed by atoms with Crippen molar-refractivity contribution < 1.29 is 9.18 Å². The van der Waals surface area contributed by atoms with Gasteiger partial charge in [-0.05, 0) is 0 Å². The molecule has 0 saturated carbocycles. The Morgan fingerprint density at radius 2 is 2.55 bits per heavy atom. The van der Waals surface area contributed by atoms with Crippen LogP contribution in [0.1, 0.15) is 0 Å². The van der Waals surface area contributed by atoms with Crippen LogP contribution in [0.3, 0.4) is 0 Å². The molecule has 0 atom stereocenters. The minimum Gasteiger partial charge on any atom is -0.421 e. The van der Waals surface area contributed by atoms with Crippen molar-refractivity contribution in [3.05, 3.63) is 15.5 Å². The van der Waals surface area contributed by atoms with Crippen molar-refractivity contribution in [2.45, 2.75) is 0 Å². The van der Waals surface area contributed by atoms with Gasteiger partial charge in [-0.1, -0.05) is 11.6 Å². The van der Waals surface area contributed by atoms with E-state index in [9.17, 15) is 9.18 Å². The Labute approximate surface area is 72.6 Å². The average Bonchev–Trinajstić information content (AvgIpc) is 2.29. The van der Waals surface area contributed by atoms with Crippen molar-refractivity contribution in [3.63, 3.8) is 0 Å². The molecule has 1 aromatic heterocycles. The topological polar surface area (TPSA) is 29.1 Å². The van der Waals surface area contributed by atoms with E-state index >= 15 is 0 Å². The molecule has 0 unspecified atom stereocenters. The molecule has 0 aliphatic heterocycles. The van der Waals surface area contributed by atoms with Crippen LogP contribution in [0.25, 0.3) is 0 Å². The Kier molecular flexibility index (Phi) is 2.90. The lowest BCUT2D eigenvalue weighted by Crippen LogP contribution is -2.07. The van der Waals surface area contributed by atoms with Crippen molar-refractivity contribution in [2.24, 2.45) is 0 Å². The number of hydrogen-bond donors (Lipinski definition) is 1. The smallest absolute Gasteiger partial charge is 0.326 e. The number of anilines is 1. The predicted octanol–water partition coefficient (Wildman–Crippen LogP) is 1.76. The lowest BCUT2D eigenvalue weighted by atomic mass is 9.99. The highest BCUT2D eigenvalue weighted by molar-refractivity contribution is 7.15. The molecule has 0 fully saturated rings. The molecule has 0 aliphatic carbocycles. The van der Waals surface area contributed by atoms with Gasteiger partial charge in [0.1, 0.15) is 10.5 Å². The van der Waals surface area contributed by atoms with Crippen LogP contribution in [0.4, 0.5) is 10.1 Å². The largest absolute Gasteiger partial charge is 0.421 e. The van der Waals surface area contributed by atoms with Crippen molar-refractivity contribution in [1.82, 2.24) is 0 Å². The molecule has 11 heavy (non-hydrogen) atoms. The van der Waals surface area contributed by atoms with Gasteiger partial charge in [-0.2, -0.15) is 0 Å². The second-order valence-electron chi connectivity index (χ2n) is 1.68. The Morgan fingerprint density at radius 1 is 1.82 bits per heavy atom. The van der Waals surface area contributed by atoms with Crippen LogP contribution in [0.5, 0.6) is 0 Å². The molecule has 0 aliphatic rings. The molecule has 57 valence electrons. The third-order valence-electron chi connectivity index (χ3n) is 0.997. The monoisotopic (exact) mass is 190 g/mol. The molecule has 0 spiro atoms. The number of carbonyl (C=O) groups excluding carboxylic acids is 1. The Morgan fingerprint density at radius 3 is 3.00 bits per heavy atom. The summed E-state index contributed by atoms with van der Waals surface area (Å²) in [6.07, 6.45) is 0.521. The van der Waals surface area contributed by atoms with E-state index in [4.69, 9.17) is 11.6 Å². The van der Waals surface area contributed by atoms with E-state index in [1.165, 1.54) is 5.38 Å². The first-order valence-corrected chi connectivity index (χ1v) is 3.97. The SMILES string of the molecule is O=C[B]Nc1c(F)csc1Cl.